The first-order chi connectivity index (χ1) is 12.5. The number of halogens is 1. The Morgan fingerprint density at radius 2 is 1.96 bits per heavy atom. The van der Waals surface area contributed by atoms with Crippen LogP contribution in [0.2, 0.25) is 0 Å². The number of hydrogen-bond acceptors (Lipinski definition) is 4. The summed E-state index contributed by atoms with van der Waals surface area (Å²) in [5, 5.41) is 2.56. The third kappa shape index (κ3) is 6.09. The molecule has 5 nitrogen and oxygen atoms in total. The first-order valence-corrected chi connectivity index (χ1v) is 8.67. The van der Waals surface area contributed by atoms with E-state index in [0.717, 1.165) is 11.8 Å². The van der Waals surface area contributed by atoms with Crippen LogP contribution in [0.4, 0.5) is 15.0 Å². The van der Waals surface area contributed by atoms with Crippen molar-refractivity contribution in [3.8, 4) is 5.75 Å². The number of pyridine rings is 1. The second kappa shape index (κ2) is 8.20. The van der Waals surface area contributed by atoms with Gasteiger partial charge in [0.25, 0.3) is 0 Å². The molecule has 1 amide bonds. The van der Waals surface area contributed by atoms with Crippen molar-refractivity contribution in [2.75, 3.05) is 5.32 Å². The summed E-state index contributed by atoms with van der Waals surface area (Å²) in [6, 6.07) is 8.58. The minimum Gasteiger partial charge on any atom is -0.491 e. The van der Waals surface area contributed by atoms with E-state index in [9.17, 15) is 9.18 Å². The molecule has 0 saturated carbocycles. The number of carbonyl (C=O) groups excluding carboxylic acids is 1. The molecular formula is C21H25FN2O3. The Morgan fingerprint density at radius 3 is 2.59 bits per heavy atom. The van der Waals surface area contributed by atoms with Crippen LogP contribution in [0.1, 0.15) is 45.7 Å². The fourth-order valence-corrected chi connectivity index (χ4v) is 2.35. The van der Waals surface area contributed by atoms with Crippen molar-refractivity contribution in [2.24, 2.45) is 0 Å². The van der Waals surface area contributed by atoms with Crippen molar-refractivity contribution in [1.82, 2.24) is 4.98 Å². The minimum absolute atomic E-state index is 0.0220. The summed E-state index contributed by atoms with van der Waals surface area (Å²) in [5.41, 5.74) is 0.932. The highest BCUT2D eigenvalue weighted by Crippen LogP contribution is 2.30. The van der Waals surface area contributed by atoms with Crippen LogP contribution in [0.25, 0.3) is 5.57 Å². The highest BCUT2D eigenvalue weighted by molar-refractivity contribution is 5.91. The second-order valence-electron chi connectivity index (χ2n) is 7.35. The van der Waals surface area contributed by atoms with Gasteiger partial charge >= 0.3 is 6.09 Å². The van der Waals surface area contributed by atoms with E-state index in [-0.39, 0.29) is 11.9 Å². The summed E-state index contributed by atoms with van der Waals surface area (Å²) >= 11 is 0. The van der Waals surface area contributed by atoms with Crippen LogP contribution in [-0.4, -0.2) is 22.8 Å². The lowest BCUT2D eigenvalue weighted by molar-refractivity contribution is 0.0635. The standard InChI is InChI=1S/C21H25FN2O3/c1-13(2)26-17-9-7-8-15(10-17)14(3)18-11-16(22)12-23-19(18)24-20(25)27-21(4,5)6/h7-13H,3H2,1-2,4-6H3,(H,23,24,25). The molecular weight excluding hydrogens is 347 g/mol. The highest BCUT2D eigenvalue weighted by atomic mass is 19.1. The van der Waals surface area contributed by atoms with Crippen molar-refractivity contribution in [3.63, 3.8) is 0 Å². The van der Waals surface area contributed by atoms with Crippen LogP contribution in [0.15, 0.2) is 43.1 Å². The number of anilines is 1. The van der Waals surface area contributed by atoms with Gasteiger partial charge in [0.15, 0.2) is 0 Å². The predicted molar refractivity (Wildman–Crippen MR) is 104 cm³/mol. The van der Waals surface area contributed by atoms with Gasteiger partial charge in [0.1, 0.15) is 23.0 Å². The fourth-order valence-electron chi connectivity index (χ4n) is 2.35. The molecule has 1 aromatic carbocycles. The van der Waals surface area contributed by atoms with E-state index >= 15 is 0 Å². The smallest absolute Gasteiger partial charge is 0.413 e. The Bertz CT molecular complexity index is 842. The molecule has 6 heteroatoms. The molecule has 2 rings (SSSR count). The maximum Gasteiger partial charge on any atom is 0.413 e. The van der Waals surface area contributed by atoms with Gasteiger partial charge in [-0.25, -0.2) is 14.2 Å². The number of ether oxygens (including phenoxy) is 2. The molecule has 0 fully saturated rings. The molecule has 0 aliphatic rings. The maximum absolute atomic E-state index is 13.8. The Labute approximate surface area is 159 Å². The minimum atomic E-state index is -0.674. The van der Waals surface area contributed by atoms with E-state index in [1.54, 1.807) is 20.8 Å². The summed E-state index contributed by atoms with van der Waals surface area (Å²) in [7, 11) is 0. The zero-order chi connectivity index (χ0) is 20.2. The quantitative estimate of drug-likeness (QED) is 0.762. The average Bonchev–Trinajstić information content (AvgIpc) is 2.53. The number of hydrogen-bond donors (Lipinski definition) is 1. The number of amides is 1. The normalized spacial score (nSPS) is 11.2. The van der Waals surface area contributed by atoms with Crippen LogP contribution < -0.4 is 10.1 Å². The van der Waals surface area contributed by atoms with Crippen LogP contribution in [0, 0.1) is 5.82 Å². The maximum atomic E-state index is 13.8. The van der Waals surface area contributed by atoms with Gasteiger partial charge < -0.3 is 9.47 Å². The van der Waals surface area contributed by atoms with Crippen molar-refractivity contribution < 1.29 is 18.7 Å². The lowest BCUT2D eigenvalue weighted by atomic mass is 10.00. The van der Waals surface area contributed by atoms with Crippen LogP contribution in [0.5, 0.6) is 5.75 Å². The lowest BCUT2D eigenvalue weighted by Crippen LogP contribution is -2.27. The molecule has 27 heavy (non-hydrogen) atoms. The molecule has 0 atom stereocenters. The van der Waals surface area contributed by atoms with E-state index in [1.807, 2.05) is 38.1 Å². The lowest BCUT2D eigenvalue weighted by Gasteiger charge is -2.20. The van der Waals surface area contributed by atoms with E-state index in [4.69, 9.17) is 9.47 Å². The molecule has 2 aromatic rings. The molecule has 144 valence electrons. The van der Waals surface area contributed by atoms with Crippen molar-refractivity contribution in [1.29, 1.82) is 0 Å². The first kappa shape index (κ1) is 20.4. The van der Waals surface area contributed by atoms with Gasteiger partial charge in [0.2, 0.25) is 0 Å². The Balaban J connectivity index is 2.33. The van der Waals surface area contributed by atoms with Crippen LogP contribution in [0.3, 0.4) is 0 Å². The highest BCUT2D eigenvalue weighted by Gasteiger charge is 2.19. The SMILES string of the molecule is C=C(c1cccc(OC(C)C)c1)c1cc(F)cnc1NC(=O)OC(C)(C)C. The fraction of sp³-hybridized carbons (Fsp3) is 0.333. The Morgan fingerprint density at radius 1 is 1.26 bits per heavy atom. The number of carbonyl (C=O) groups is 1. The molecule has 0 aliphatic heterocycles. The summed E-state index contributed by atoms with van der Waals surface area (Å²) in [4.78, 5) is 16.1. The monoisotopic (exact) mass is 372 g/mol. The first-order valence-electron chi connectivity index (χ1n) is 8.67. The summed E-state index contributed by atoms with van der Waals surface area (Å²) in [6.45, 7) is 13.2. The van der Waals surface area contributed by atoms with Gasteiger partial charge in [-0.05, 0) is 64.0 Å². The number of rotatable bonds is 5. The number of aromatic nitrogens is 1. The molecule has 0 radical (unpaired) electrons. The van der Waals surface area contributed by atoms with E-state index in [2.05, 4.69) is 16.9 Å². The number of nitrogens with one attached hydrogen (secondary N) is 1. The zero-order valence-electron chi connectivity index (χ0n) is 16.3. The predicted octanol–water partition coefficient (Wildman–Crippen LogP) is 5.42. The average molecular weight is 372 g/mol. The van der Waals surface area contributed by atoms with Crippen LogP contribution in [-0.2, 0) is 4.74 Å². The largest absolute Gasteiger partial charge is 0.491 e. The van der Waals surface area contributed by atoms with Crippen LogP contribution >= 0.6 is 0 Å². The second-order valence-corrected chi connectivity index (χ2v) is 7.35. The summed E-state index contributed by atoms with van der Waals surface area (Å²) in [6.07, 6.45) is 0.378. The van der Waals surface area contributed by atoms with Gasteiger partial charge in [-0.3, -0.25) is 5.32 Å². The molecule has 0 unspecified atom stereocenters. The van der Waals surface area contributed by atoms with E-state index < -0.39 is 17.5 Å². The van der Waals surface area contributed by atoms with Gasteiger partial charge in [-0.1, -0.05) is 18.7 Å². The molecule has 0 saturated heterocycles. The zero-order valence-corrected chi connectivity index (χ0v) is 16.3. The van der Waals surface area contributed by atoms with Crippen molar-refractivity contribution >= 4 is 17.5 Å². The van der Waals surface area contributed by atoms with E-state index in [0.29, 0.717) is 16.9 Å². The molecule has 1 aromatic heterocycles. The van der Waals surface area contributed by atoms with Gasteiger partial charge in [-0.2, -0.15) is 0 Å². The Hall–Kier alpha value is -2.89. The van der Waals surface area contributed by atoms with Gasteiger partial charge in [-0.15, -0.1) is 0 Å². The molecule has 0 bridgehead atoms. The molecule has 1 N–H and O–H groups in total. The van der Waals surface area contributed by atoms with Gasteiger partial charge in [0, 0.05) is 5.56 Å². The number of nitrogens with zero attached hydrogens (tertiary/aromatic N) is 1. The topological polar surface area (TPSA) is 60.5 Å². The third-order valence-electron chi connectivity index (χ3n) is 3.35. The van der Waals surface area contributed by atoms with Crippen molar-refractivity contribution in [3.05, 3.63) is 60.1 Å². The molecule has 1 heterocycles. The van der Waals surface area contributed by atoms with E-state index in [1.165, 1.54) is 6.07 Å². The number of benzene rings is 1. The Kier molecular flexibility index (Phi) is 6.20. The summed E-state index contributed by atoms with van der Waals surface area (Å²) < 4.78 is 24.7. The van der Waals surface area contributed by atoms with Crippen molar-refractivity contribution in [2.45, 2.75) is 46.3 Å². The molecule has 0 aliphatic carbocycles. The van der Waals surface area contributed by atoms with Gasteiger partial charge in [0.05, 0.1) is 12.3 Å². The summed E-state index contributed by atoms with van der Waals surface area (Å²) in [5.74, 6) is 0.316. The molecule has 0 spiro atoms. The third-order valence-corrected chi connectivity index (χ3v) is 3.35.